The first kappa shape index (κ1) is 21.1. The Kier molecular flexibility index (Phi) is 5.01. The molecule has 0 fully saturated rings. The molecule has 0 aliphatic heterocycles. The van der Waals surface area contributed by atoms with E-state index in [2.05, 4.69) is 9.28 Å². The average molecular weight is 416 g/mol. The van der Waals surface area contributed by atoms with Crippen molar-refractivity contribution in [1.29, 1.82) is 0 Å². The maximum absolute atomic E-state index is 13.4. The Morgan fingerprint density at radius 3 is 2.07 bits per heavy atom. The Bertz CT molecular complexity index is 940. The third kappa shape index (κ3) is 4.54. The highest BCUT2D eigenvalue weighted by atomic mass is 32.2. The van der Waals surface area contributed by atoms with Crippen LogP contribution in [0.2, 0.25) is 0 Å². The lowest BCUT2D eigenvalue weighted by molar-refractivity contribution is -0.137. The van der Waals surface area contributed by atoms with E-state index in [-0.39, 0.29) is 17.2 Å². The highest BCUT2D eigenvalue weighted by Crippen LogP contribution is 2.40. The first-order valence-corrected chi connectivity index (χ1v) is 8.71. The second-order valence-corrected chi connectivity index (χ2v) is 8.07. The van der Waals surface area contributed by atoms with Gasteiger partial charge in [0, 0.05) is 11.8 Å². The zero-order chi connectivity index (χ0) is 20.8. The van der Waals surface area contributed by atoms with Crippen LogP contribution in [0.15, 0.2) is 30.6 Å². The molecule has 12 heteroatoms. The maximum Gasteiger partial charge on any atom is 0.534 e. The summed E-state index contributed by atoms with van der Waals surface area (Å²) in [4.78, 5) is 0. The minimum atomic E-state index is -6.09. The van der Waals surface area contributed by atoms with E-state index in [0.717, 1.165) is 6.07 Å². The van der Waals surface area contributed by atoms with Crippen molar-refractivity contribution in [3.63, 3.8) is 0 Å². The van der Waals surface area contributed by atoms with Gasteiger partial charge in [0.2, 0.25) is 0 Å². The van der Waals surface area contributed by atoms with Crippen LogP contribution in [0.4, 0.5) is 26.3 Å². The van der Waals surface area contributed by atoms with Gasteiger partial charge < -0.3 is 4.18 Å². The van der Waals surface area contributed by atoms with Crippen LogP contribution in [0.3, 0.4) is 0 Å². The van der Waals surface area contributed by atoms with E-state index in [1.54, 1.807) is 20.8 Å². The normalized spacial score (nSPS) is 13.7. The molecule has 1 aromatic heterocycles. The topological polar surface area (TPSA) is 61.2 Å². The van der Waals surface area contributed by atoms with Gasteiger partial charge in [0.05, 0.1) is 17.3 Å². The minimum Gasteiger partial charge on any atom is -0.376 e. The fraction of sp³-hybridized carbons (Fsp3) is 0.400. The van der Waals surface area contributed by atoms with E-state index in [1.165, 1.54) is 17.1 Å². The molecule has 1 aromatic carbocycles. The number of halogens is 6. The molecular weight excluding hydrogens is 402 g/mol. The summed E-state index contributed by atoms with van der Waals surface area (Å²) in [7, 11) is -6.09. The maximum atomic E-state index is 13.4. The van der Waals surface area contributed by atoms with Gasteiger partial charge in [-0.15, -0.1) is 0 Å². The van der Waals surface area contributed by atoms with Gasteiger partial charge in [-0.1, -0.05) is 0 Å². The van der Waals surface area contributed by atoms with Gasteiger partial charge in [0.1, 0.15) is 5.75 Å². The molecule has 0 bridgehead atoms. The molecule has 0 aliphatic rings. The smallest absolute Gasteiger partial charge is 0.376 e. The van der Waals surface area contributed by atoms with Gasteiger partial charge in [0.15, 0.2) is 0 Å². The van der Waals surface area contributed by atoms with Crippen molar-refractivity contribution < 1.29 is 38.9 Å². The predicted molar refractivity (Wildman–Crippen MR) is 83.3 cm³/mol. The van der Waals surface area contributed by atoms with Crippen LogP contribution in [-0.4, -0.2) is 23.7 Å². The Morgan fingerprint density at radius 2 is 1.63 bits per heavy atom. The molecule has 5 nitrogen and oxygen atoms in total. The molecule has 0 saturated carbocycles. The Balaban J connectivity index is 2.54. The average Bonchev–Trinajstić information content (AvgIpc) is 2.94. The van der Waals surface area contributed by atoms with Crippen LogP contribution in [0.1, 0.15) is 26.3 Å². The molecule has 0 amide bonds. The van der Waals surface area contributed by atoms with Crippen molar-refractivity contribution in [2.24, 2.45) is 0 Å². The van der Waals surface area contributed by atoms with E-state index in [4.69, 9.17) is 0 Å². The van der Waals surface area contributed by atoms with Crippen LogP contribution in [0.5, 0.6) is 5.75 Å². The third-order valence-corrected chi connectivity index (χ3v) is 4.35. The summed E-state index contributed by atoms with van der Waals surface area (Å²) in [6.07, 6.45) is -2.46. The molecule has 0 N–H and O–H groups in total. The van der Waals surface area contributed by atoms with Gasteiger partial charge in [-0.25, -0.2) is 0 Å². The van der Waals surface area contributed by atoms with Crippen molar-refractivity contribution in [3.05, 3.63) is 36.2 Å². The molecule has 0 aliphatic carbocycles. The van der Waals surface area contributed by atoms with Gasteiger partial charge in [-0.3, -0.25) is 4.68 Å². The van der Waals surface area contributed by atoms with E-state index >= 15 is 0 Å². The highest BCUT2D eigenvalue weighted by molar-refractivity contribution is 7.88. The summed E-state index contributed by atoms with van der Waals surface area (Å²) in [5.41, 5.74) is -7.96. The molecule has 27 heavy (non-hydrogen) atoms. The molecule has 0 unspecified atom stereocenters. The zero-order valence-corrected chi connectivity index (χ0v) is 15.0. The SMILES string of the molecule is CC(C)(C)n1cc(-c2ccc(OS(=O)(=O)C(F)(F)F)cc2C(F)(F)F)cn1. The summed E-state index contributed by atoms with van der Waals surface area (Å²) in [5.74, 6) is -1.10. The highest BCUT2D eigenvalue weighted by Gasteiger charge is 2.48. The molecule has 150 valence electrons. The van der Waals surface area contributed by atoms with E-state index in [1.807, 2.05) is 0 Å². The molecule has 2 aromatic rings. The van der Waals surface area contributed by atoms with Gasteiger partial charge in [-0.2, -0.15) is 39.9 Å². The summed E-state index contributed by atoms with van der Waals surface area (Å²) in [5, 5.41) is 3.97. The standard InChI is InChI=1S/C15H14F6N2O3S/c1-13(2,3)23-8-9(7-22-23)11-5-4-10(6-12(11)14(16,17)18)26-27(24,25)15(19,20)21/h4-8H,1-3H3. The van der Waals surface area contributed by atoms with Crippen molar-refractivity contribution in [2.45, 2.75) is 38.0 Å². The fourth-order valence-corrected chi connectivity index (χ4v) is 2.52. The van der Waals surface area contributed by atoms with E-state index < -0.39 is 38.7 Å². The number of alkyl halides is 6. The molecule has 2 rings (SSSR count). The number of nitrogens with zero attached hydrogens (tertiary/aromatic N) is 2. The van der Waals surface area contributed by atoms with Crippen LogP contribution >= 0.6 is 0 Å². The summed E-state index contributed by atoms with van der Waals surface area (Å²) in [6, 6.07) is 1.74. The molecule has 0 atom stereocenters. The lowest BCUT2D eigenvalue weighted by atomic mass is 10.0. The lowest BCUT2D eigenvalue weighted by Crippen LogP contribution is -2.28. The third-order valence-electron chi connectivity index (χ3n) is 3.37. The second-order valence-electron chi connectivity index (χ2n) is 6.53. The fourth-order valence-electron chi connectivity index (χ4n) is 2.06. The van der Waals surface area contributed by atoms with Gasteiger partial charge in [0.25, 0.3) is 0 Å². The summed E-state index contributed by atoms with van der Waals surface area (Å²) < 4.78 is 104. The van der Waals surface area contributed by atoms with Crippen LogP contribution in [-0.2, 0) is 21.8 Å². The second kappa shape index (κ2) is 6.43. The number of aromatic nitrogens is 2. The van der Waals surface area contributed by atoms with Crippen LogP contribution < -0.4 is 4.18 Å². The molecule has 1 heterocycles. The van der Waals surface area contributed by atoms with Crippen LogP contribution in [0.25, 0.3) is 11.1 Å². The lowest BCUT2D eigenvalue weighted by Gasteiger charge is -2.19. The van der Waals surface area contributed by atoms with Crippen LogP contribution in [0, 0.1) is 0 Å². The Morgan fingerprint density at radius 1 is 1.04 bits per heavy atom. The van der Waals surface area contributed by atoms with Crippen molar-refractivity contribution in [2.75, 3.05) is 0 Å². The first-order chi connectivity index (χ1) is 12.0. The van der Waals surface area contributed by atoms with Gasteiger partial charge in [-0.05, 0) is 44.5 Å². The number of hydrogen-bond acceptors (Lipinski definition) is 4. The molecule has 0 radical (unpaired) electrons. The number of rotatable bonds is 3. The molecule has 0 spiro atoms. The van der Waals surface area contributed by atoms with Gasteiger partial charge >= 0.3 is 21.8 Å². The first-order valence-electron chi connectivity index (χ1n) is 7.30. The van der Waals surface area contributed by atoms with E-state index in [9.17, 15) is 34.8 Å². The minimum absolute atomic E-state index is 0.0579. The Hall–Kier alpha value is -2.24. The monoisotopic (exact) mass is 416 g/mol. The predicted octanol–water partition coefficient (Wildman–Crippen LogP) is 4.55. The van der Waals surface area contributed by atoms with E-state index in [0.29, 0.717) is 6.07 Å². The summed E-state index contributed by atoms with van der Waals surface area (Å²) >= 11 is 0. The Labute approximate surface area is 150 Å². The molecule has 0 saturated heterocycles. The number of hydrogen-bond donors (Lipinski definition) is 0. The quantitative estimate of drug-likeness (QED) is 0.418. The number of benzene rings is 1. The summed E-state index contributed by atoms with van der Waals surface area (Å²) in [6.45, 7) is 5.31. The van der Waals surface area contributed by atoms with Crippen molar-refractivity contribution in [1.82, 2.24) is 9.78 Å². The zero-order valence-electron chi connectivity index (χ0n) is 14.2. The van der Waals surface area contributed by atoms with Crippen molar-refractivity contribution in [3.8, 4) is 16.9 Å². The molecular formula is C15H14F6N2O3S. The largest absolute Gasteiger partial charge is 0.534 e. The van der Waals surface area contributed by atoms with Crippen molar-refractivity contribution >= 4 is 10.1 Å².